The lowest BCUT2D eigenvalue weighted by Crippen LogP contribution is -2.34. The Balaban J connectivity index is 1.70. The van der Waals surface area contributed by atoms with Gasteiger partial charge in [-0.15, -0.1) is 0 Å². The monoisotopic (exact) mass is 337 g/mol. The highest BCUT2D eigenvalue weighted by atomic mass is 16.5. The first-order valence-corrected chi connectivity index (χ1v) is 7.91. The maximum Gasteiger partial charge on any atom is 0.265 e. The van der Waals surface area contributed by atoms with Gasteiger partial charge in [0.1, 0.15) is 17.3 Å². The molecule has 0 aliphatic rings. The van der Waals surface area contributed by atoms with Gasteiger partial charge >= 0.3 is 0 Å². The van der Waals surface area contributed by atoms with E-state index in [1.54, 1.807) is 48.6 Å². The van der Waals surface area contributed by atoms with Gasteiger partial charge in [0.2, 0.25) is 0 Å². The van der Waals surface area contributed by atoms with Crippen LogP contribution in [0.25, 0.3) is 0 Å². The van der Waals surface area contributed by atoms with Crippen LogP contribution in [0.2, 0.25) is 0 Å². The Kier molecular flexibility index (Phi) is 5.36. The second kappa shape index (κ2) is 8.06. The fourth-order valence-corrected chi connectivity index (χ4v) is 2.38. The zero-order chi connectivity index (χ0) is 17.5. The average Bonchev–Trinajstić information content (AvgIpc) is 3.18. The lowest BCUT2D eigenvalue weighted by molar-refractivity contribution is -0.120. The van der Waals surface area contributed by atoms with Crippen LogP contribution in [0.15, 0.2) is 77.4 Å². The number of carbonyl (C=O) groups excluding carboxylic acids is 1. The number of anilines is 1. The first kappa shape index (κ1) is 16.6. The smallest absolute Gasteiger partial charge is 0.265 e. The number of furan rings is 1. The van der Waals surface area contributed by atoms with E-state index in [9.17, 15) is 4.79 Å². The van der Waals surface area contributed by atoms with E-state index in [0.29, 0.717) is 18.1 Å². The molecule has 1 aromatic heterocycles. The lowest BCUT2D eigenvalue weighted by atomic mass is 10.2. The first-order valence-electron chi connectivity index (χ1n) is 7.91. The highest BCUT2D eigenvalue weighted by Crippen LogP contribution is 2.20. The molecule has 0 N–H and O–H groups in total. The zero-order valence-electron chi connectivity index (χ0n) is 13.9. The van der Waals surface area contributed by atoms with Crippen molar-refractivity contribution in [1.82, 2.24) is 0 Å². The Hall–Kier alpha value is -3.21. The molecule has 0 radical (unpaired) electrons. The molecule has 0 aliphatic carbocycles. The molecule has 2 aromatic carbocycles. The summed E-state index contributed by atoms with van der Waals surface area (Å²) in [6, 6.07) is 20.2. The Labute approximate surface area is 146 Å². The Morgan fingerprint density at radius 2 is 1.68 bits per heavy atom. The summed E-state index contributed by atoms with van der Waals surface area (Å²) in [5.74, 6) is 1.91. The molecule has 25 heavy (non-hydrogen) atoms. The van der Waals surface area contributed by atoms with Gasteiger partial charge < -0.3 is 18.8 Å². The largest absolute Gasteiger partial charge is 0.497 e. The van der Waals surface area contributed by atoms with Crippen LogP contribution in [-0.4, -0.2) is 19.6 Å². The van der Waals surface area contributed by atoms with Crippen molar-refractivity contribution < 1.29 is 18.7 Å². The molecule has 0 aliphatic heterocycles. The van der Waals surface area contributed by atoms with Gasteiger partial charge in [-0.3, -0.25) is 4.79 Å². The van der Waals surface area contributed by atoms with Crippen molar-refractivity contribution in [2.45, 2.75) is 6.54 Å². The van der Waals surface area contributed by atoms with Gasteiger partial charge in [0.25, 0.3) is 5.91 Å². The number of hydrogen-bond donors (Lipinski definition) is 0. The minimum absolute atomic E-state index is 0.0675. The number of hydrogen-bond acceptors (Lipinski definition) is 4. The summed E-state index contributed by atoms with van der Waals surface area (Å²) in [7, 11) is 1.60. The second-order valence-electron chi connectivity index (χ2n) is 5.36. The third kappa shape index (κ3) is 4.41. The van der Waals surface area contributed by atoms with E-state index in [2.05, 4.69) is 0 Å². The summed E-state index contributed by atoms with van der Waals surface area (Å²) in [6.45, 7) is 0.281. The highest BCUT2D eigenvalue weighted by Gasteiger charge is 2.18. The van der Waals surface area contributed by atoms with Crippen LogP contribution in [-0.2, 0) is 11.3 Å². The topological polar surface area (TPSA) is 51.9 Å². The number of rotatable bonds is 7. The Bertz CT molecular complexity index is 782. The molecule has 0 atom stereocenters. The molecular formula is C20H19NO4. The highest BCUT2D eigenvalue weighted by molar-refractivity contribution is 5.94. The number of amides is 1. The number of para-hydroxylation sites is 1. The quantitative estimate of drug-likeness (QED) is 0.656. The van der Waals surface area contributed by atoms with Crippen molar-refractivity contribution >= 4 is 11.6 Å². The van der Waals surface area contributed by atoms with Crippen molar-refractivity contribution in [2.75, 3.05) is 18.6 Å². The summed E-state index contributed by atoms with van der Waals surface area (Å²) < 4.78 is 16.1. The summed E-state index contributed by atoms with van der Waals surface area (Å²) in [5, 5.41) is 0. The van der Waals surface area contributed by atoms with Crippen LogP contribution >= 0.6 is 0 Å². The van der Waals surface area contributed by atoms with Gasteiger partial charge in [-0.05, 0) is 48.5 Å². The van der Waals surface area contributed by atoms with E-state index in [1.165, 1.54) is 0 Å². The van der Waals surface area contributed by atoms with E-state index in [-0.39, 0.29) is 12.5 Å². The van der Waals surface area contributed by atoms with E-state index in [1.807, 2.05) is 36.4 Å². The zero-order valence-corrected chi connectivity index (χ0v) is 13.9. The third-order valence-electron chi connectivity index (χ3n) is 3.68. The van der Waals surface area contributed by atoms with Gasteiger partial charge in [0, 0.05) is 5.69 Å². The third-order valence-corrected chi connectivity index (χ3v) is 3.68. The minimum Gasteiger partial charge on any atom is -0.497 e. The van der Waals surface area contributed by atoms with E-state index in [4.69, 9.17) is 13.9 Å². The van der Waals surface area contributed by atoms with Gasteiger partial charge in [-0.2, -0.15) is 0 Å². The Morgan fingerprint density at radius 3 is 2.32 bits per heavy atom. The van der Waals surface area contributed by atoms with Crippen LogP contribution in [0.4, 0.5) is 5.69 Å². The molecule has 0 bridgehead atoms. The standard InChI is InChI=1S/C20H19NO4/c1-23-17-9-11-18(12-10-17)25-15-20(22)21(14-19-8-5-13-24-19)16-6-3-2-4-7-16/h2-13H,14-15H2,1H3. The SMILES string of the molecule is COc1ccc(OCC(=O)N(Cc2ccco2)c2ccccc2)cc1. The number of benzene rings is 2. The molecule has 0 fully saturated rings. The van der Waals surface area contributed by atoms with Gasteiger partial charge in [-0.25, -0.2) is 0 Å². The predicted octanol–water partition coefficient (Wildman–Crippen LogP) is 3.90. The molecule has 3 rings (SSSR count). The molecule has 0 saturated heterocycles. The van der Waals surface area contributed by atoms with Crippen LogP contribution in [0.3, 0.4) is 0 Å². The molecular weight excluding hydrogens is 318 g/mol. The predicted molar refractivity (Wildman–Crippen MR) is 94.8 cm³/mol. The minimum atomic E-state index is -0.154. The summed E-state index contributed by atoms with van der Waals surface area (Å²) in [5.41, 5.74) is 0.794. The van der Waals surface area contributed by atoms with Crippen LogP contribution < -0.4 is 14.4 Å². The van der Waals surface area contributed by atoms with Gasteiger partial charge in [0.15, 0.2) is 6.61 Å². The van der Waals surface area contributed by atoms with E-state index < -0.39 is 0 Å². The van der Waals surface area contributed by atoms with Crippen molar-refractivity contribution in [3.63, 3.8) is 0 Å². The van der Waals surface area contributed by atoms with Crippen molar-refractivity contribution in [2.24, 2.45) is 0 Å². The van der Waals surface area contributed by atoms with E-state index >= 15 is 0 Å². The van der Waals surface area contributed by atoms with Gasteiger partial charge in [-0.1, -0.05) is 18.2 Å². The average molecular weight is 337 g/mol. The molecule has 0 unspecified atom stereocenters. The molecule has 1 amide bonds. The molecule has 0 spiro atoms. The normalized spacial score (nSPS) is 10.3. The summed E-state index contributed by atoms with van der Waals surface area (Å²) >= 11 is 0. The molecule has 5 nitrogen and oxygen atoms in total. The number of methoxy groups -OCH3 is 1. The molecule has 0 saturated carbocycles. The van der Waals surface area contributed by atoms with Crippen molar-refractivity contribution in [3.05, 3.63) is 78.8 Å². The summed E-state index contributed by atoms with van der Waals surface area (Å²) in [4.78, 5) is 14.3. The number of nitrogens with zero attached hydrogens (tertiary/aromatic N) is 1. The first-order chi connectivity index (χ1) is 12.3. The van der Waals surface area contributed by atoms with Gasteiger partial charge in [0.05, 0.1) is 19.9 Å². The van der Waals surface area contributed by atoms with Crippen LogP contribution in [0.1, 0.15) is 5.76 Å². The fourth-order valence-electron chi connectivity index (χ4n) is 2.38. The van der Waals surface area contributed by atoms with Crippen molar-refractivity contribution in [3.8, 4) is 11.5 Å². The number of ether oxygens (including phenoxy) is 2. The Morgan fingerprint density at radius 1 is 0.960 bits per heavy atom. The van der Waals surface area contributed by atoms with Crippen LogP contribution in [0, 0.1) is 0 Å². The molecule has 3 aromatic rings. The molecule has 128 valence electrons. The maximum absolute atomic E-state index is 12.7. The maximum atomic E-state index is 12.7. The fraction of sp³-hybridized carbons (Fsp3) is 0.150. The van der Waals surface area contributed by atoms with E-state index in [0.717, 1.165) is 11.4 Å². The molecule has 5 heteroatoms. The summed E-state index contributed by atoms with van der Waals surface area (Å²) in [6.07, 6.45) is 1.59. The van der Waals surface area contributed by atoms with Crippen molar-refractivity contribution in [1.29, 1.82) is 0 Å². The molecule has 1 heterocycles. The lowest BCUT2D eigenvalue weighted by Gasteiger charge is -2.22. The van der Waals surface area contributed by atoms with Crippen LogP contribution in [0.5, 0.6) is 11.5 Å². The second-order valence-corrected chi connectivity index (χ2v) is 5.36. The number of carbonyl (C=O) groups is 1.